The number of benzene rings is 2. The van der Waals surface area contributed by atoms with Crippen LogP contribution in [-0.4, -0.2) is 34.3 Å². The van der Waals surface area contributed by atoms with Gasteiger partial charge in [0.2, 0.25) is 5.91 Å². The van der Waals surface area contributed by atoms with Crippen LogP contribution in [-0.2, 0) is 11.2 Å². The highest BCUT2D eigenvalue weighted by Gasteiger charge is 2.16. The normalized spacial score (nSPS) is 11.4. The van der Waals surface area contributed by atoms with E-state index in [1.54, 1.807) is 40.6 Å². The van der Waals surface area contributed by atoms with Crippen molar-refractivity contribution in [2.24, 2.45) is 0 Å². The fourth-order valence-corrected chi connectivity index (χ4v) is 2.72. The SMILES string of the molecule is COc1ccc(OC)c([C@@H](C)NC(=O)Cc2ccc(OC)c(OC)c2)c1. The molecule has 1 N–H and O–H groups in total. The molecular weight excluding hydrogens is 334 g/mol. The molecule has 0 unspecified atom stereocenters. The van der Waals surface area contributed by atoms with E-state index in [4.69, 9.17) is 18.9 Å². The van der Waals surface area contributed by atoms with E-state index in [9.17, 15) is 4.79 Å². The molecule has 0 fully saturated rings. The van der Waals surface area contributed by atoms with Crippen molar-refractivity contribution >= 4 is 5.91 Å². The molecule has 0 bridgehead atoms. The smallest absolute Gasteiger partial charge is 0.224 e. The number of hydrogen-bond acceptors (Lipinski definition) is 5. The summed E-state index contributed by atoms with van der Waals surface area (Å²) < 4.78 is 21.1. The fourth-order valence-electron chi connectivity index (χ4n) is 2.72. The van der Waals surface area contributed by atoms with Crippen molar-refractivity contribution in [1.82, 2.24) is 5.32 Å². The summed E-state index contributed by atoms with van der Waals surface area (Å²) in [5.74, 6) is 2.53. The molecule has 0 aromatic heterocycles. The van der Waals surface area contributed by atoms with Crippen molar-refractivity contribution in [2.75, 3.05) is 28.4 Å². The minimum atomic E-state index is -0.229. The van der Waals surface area contributed by atoms with E-state index in [2.05, 4.69) is 5.32 Å². The van der Waals surface area contributed by atoms with Gasteiger partial charge in [0.05, 0.1) is 40.9 Å². The first-order chi connectivity index (χ1) is 12.5. The van der Waals surface area contributed by atoms with E-state index in [1.807, 2.05) is 31.2 Å². The van der Waals surface area contributed by atoms with E-state index in [-0.39, 0.29) is 18.4 Å². The zero-order valence-corrected chi connectivity index (χ0v) is 15.8. The van der Waals surface area contributed by atoms with Crippen molar-refractivity contribution in [3.8, 4) is 23.0 Å². The molecule has 0 saturated carbocycles. The van der Waals surface area contributed by atoms with Crippen LogP contribution in [0.4, 0.5) is 0 Å². The Balaban J connectivity index is 2.10. The van der Waals surface area contributed by atoms with Gasteiger partial charge in [0.1, 0.15) is 11.5 Å². The van der Waals surface area contributed by atoms with Gasteiger partial charge in [-0.3, -0.25) is 4.79 Å². The van der Waals surface area contributed by atoms with Crippen LogP contribution in [0.3, 0.4) is 0 Å². The van der Waals surface area contributed by atoms with Gasteiger partial charge in [-0.25, -0.2) is 0 Å². The second-order valence-electron chi connectivity index (χ2n) is 5.76. The Bertz CT molecular complexity index is 760. The molecule has 0 heterocycles. The van der Waals surface area contributed by atoms with Gasteiger partial charge in [-0.05, 0) is 42.8 Å². The number of ether oxygens (including phenoxy) is 4. The van der Waals surface area contributed by atoms with Gasteiger partial charge in [0.25, 0.3) is 0 Å². The quantitative estimate of drug-likeness (QED) is 0.784. The Hall–Kier alpha value is -2.89. The molecule has 0 radical (unpaired) electrons. The molecule has 0 aliphatic rings. The van der Waals surface area contributed by atoms with Crippen LogP contribution in [0.15, 0.2) is 36.4 Å². The highest BCUT2D eigenvalue weighted by atomic mass is 16.5. The van der Waals surface area contributed by atoms with Gasteiger partial charge < -0.3 is 24.3 Å². The van der Waals surface area contributed by atoms with Gasteiger partial charge in [0.15, 0.2) is 11.5 Å². The van der Waals surface area contributed by atoms with Gasteiger partial charge in [-0.15, -0.1) is 0 Å². The molecule has 0 spiro atoms. The topological polar surface area (TPSA) is 66.0 Å². The first kappa shape index (κ1) is 19.4. The molecule has 140 valence electrons. The largest absolute Gasteiger partial charge is 0.497 e. The van der Waals surface area contributed by atoms with Crippen LogP contribution in [0.2, 0.25) is 0 Å². The molecule has 0 saturated heterocycles. The highest BCUT2D eigenvalue weighted by molar-refractivity contribution is 5.79. The zero-order chi connectivity index (χ0) is 19.1. The van der Waals surface area contributed by atoms with E-state index >= 15 is 0 Å². The lowest BCUT2D eigenvalue weighted by atomic mass is 10.1. The second kappa shape index (κ2) is 8.99. The number of carbonyl (C=O) groups is 1. The Morgan fingerprint density at radius 2 is 1.54 bits per heavy atom. The summed E-state index contributed by atoms with van der Waals surface area (Å²) in [4.78, 5) is 12.4. The van der Waals surface area contributed by atoms with Crippen molar-refractivity contribution in [3.63, 3.8) is 0 Å². The Morgan fingerprint density at radius 3 is 2.15 bits per heavy atom. The van der Waals surface area contributed by atoms with Crippen molar-refractivity contribution in [2.45, 2.75) is 19.4 Å². The third-order valence-electron chi connectivity index (χ3n) is 4.09. The van der Waals surface area contributed by atoms with Crippen molar-refractivity contribution in [1.29, 1.82) is 0 Å². The Morgan fingerprint density at radius 1 is 0.885 bits per heavy atom. The molecule has 1 amide bonds. The van der Waals surface area contributed by atoms with Crippen LogP contribution in [0.5, 0.6) is 23.0 Å². The van der Waals surface area contributed by atoms with Crippen LogP contribution in [0.25, 0.3) is 0 Å². The van der Waals surface area contributed by atoms with E-state index in [1.165, 1.54) is 0 Å². The number of methoxy groups -OCH3 is 4. The average Bonchev–Trinajstić information content (AvgIpc) is 2.66. The highest BCUT2D eigenvalue weighted by Crippen LogP contribution is 2.30. The van der Waals surface area contributed by atoms with E-state index in [0.29, 0.717) is 23.0 Å². The average molecular weight is 359 g/mol. The maximum atomic E-state index is 12.4. The summed E-state index contributed by atoms with van der Waals surface area (Å²) in [6.07, 6.45) is 0.233. The van der Waals surface area contributed by atoms with Gasteiger partial charge in [0, 0.05) is 5.56 Å². The predicted octanol–water partition coefficient (Wildman–Crippen LogP) is 3.14. The maximum Gasteiger partial charge on any atom is 0.224 e. The molecule has 6 heteroatoms. The minimum Gasteiger partial charge on any atom is -0.497 e. The maximum absolute atomic E-state index is 12.4. The molecule has 1 atom stereocenters. The molecule has 0 aliphatic heterocycles. The number of amides is 1. The number of nitrogens with one attached hydrogen (secondary N) is 1. The lowest BCUT2D eigenvalue weighted by Crippen LogP contribution is -2.28. The second-order valence-corrected chi connectivity index (χ2v) is 5.76. The molecule has 26 heavy (non-hydrogen) atoms. The van der Waals surface area contributed by atoms with Gasteiger partial charge in [-0.2, -0.15) is 0 Å². The van der Waals surface area contributed by atoms with Crippen molar-refractivity contribution in [3.05, 3.63) is 47.5 Å². The monoisotopic (exact) mass is 359 g/mol. The number of hydrogen-bond donors (Lipinski definition) is 1. The standard InChI is InChI=1S/C20H25NO5/c1-13(16-12-15(23-2)7-9-17(16)24-3)21-20(22)11-14-6-8-18(25-4)19(10-14)26-5/h6-10,12-13H,11H2,1-5H3,(H,21,22)/t13-/m1/s1. The summed E-state index contributed by atoms with van der Waals surface area (Å²) >= 11 is 0. The molecule has 2 aromatic carbocycles. The van der Waals surface area contributed by atoms with Crippen LogP contribution in [0, 0.1) is 0 Å². The predicted molar refractivity (Wildman–Crippen MR) is 99.4 cm³/mol. The number of carbonyl (C=O) groups excluding carboxylic acids is 1. The molecular formula is C20H25NO5. The Labute approximate surface area is 154 Å². The molecule has 2 rings (SSSR count). The fraction of sp³-hybridized carbons (Fsp3) is 0.350. The summed E-state index contributed by atoms with van der Waals surface area (Å²) in [6, 6.07) is 10.7. The van der Waals surface area contributed by atoms with Crippen LogP contribution in [0.1, 0.15) is 24.1 Å². The molecule has 6 nitrogen and oxygen atoms in total. The summed E-state index contributed by atoms with van der Waals surface area (Å²) in [6.45, 7) is 1.91. The summed E-state index contributed by atoms with van der Waals surface area (Å²) in [5.41, 5.74) is 1.69. The van der Waals surface area contributed by atoms with Crippen LogP contribution >= 0.6 is 0 Å². The third kappa shape index (κ3) is 4.59. The molecule has 0 aliphatic carbocycles. The lowest BCUT2D eigenvalue weighted by molar-refractivity contribution is -0.121. The molecule has 2 aromatic rings. The summed E-state index contributed by atoms with van der Waals surface area (Å²) in [5, 5.41) is 2.99. The summed E-state index contributed by atoms with van der Waals surface area (Å²) in [7, 11) is 6.35. The zero-order valence-electron chi connectivity index (χ0n) is 15.8. The van der Waals surface area contributed by atoms with Crippen LogP contribution < -0.4 is 24.3 Å². The van der Waals surface area contributed by atoms with Crippen molar-refractivity contribution < 1.29 is 23.7 Å². The third-order valence-corrected chi connectivity index (χ3v) is 4.09. The van der Waals surface area contributed by atoms with E-state index < -0.39 is 0 Å². The first-order valence-electron chi connectivity index (χ1n) is 8.24. The van der Waals surface area contributed by atoms with Gasteiger partial charge in [-0.1, -0.05) is 6.07 Å². The van der Waals surface area contributed by atoms with E-state index in [0.717, 1.165) is 11.1 Å². The minimum absolute atomic E-state index is 0.102. The lowest BCUT2D eigenvalue weighted by Gasteiger charge is -2.18. The Kier molecular flexibility index (Phi) is 6.72. The van der Waals surface area contributed by atoms with Gasteiger partial charge >= 0.3 is 0 Å². The first-order valence-corrected chi connectivity index (χ1v) is 8.24. The number of rotatable bonds is 8.